The predicted octanol–water partition coefficient (Wildman–Crippen LogP) is 4.62. The van der Waals surface area contributed by atoms with Crippen LogP contribution in [0.15, 0.2) is 42.5 Å². The van der Waals surface area contributed by atoms with Crippen LogP contribution < -0.4 is 10.1 Å². The maximum absolute atomic E-state index is 13.5. The Bertz CT molecular complexity index is 546. The van der Waals surface area contributed by atoms with Crippen LogP contribution in [-0.2, 0) is 0 Å². The fraction of sp³-hybridized carbons (Fsp3) is 0.143. The topological polar surface area (TPSA) is 21.3 Å². The summed E-state index contributed by atoms with van der Waals surface area (Å²) < 4.78 is 18.8. The van der Waals surface area contributed by atoms with E-state index in [1.165, 1.54) is 6.07 Å². The van der Waals surface area contributed by atoms with Crippen LogP contribution in [0.2, 0.25) is 10.0 Å². The molecule has 0 aliphatic heterocycles. The zero-order chi connectivity index (χ0) is 13.7. The van der Waals surface area contributed by atoms with Crippen LogP contribution in [0.25, 0.3) is 0 Å². The number of nitrogens with one attached hydrogen (secondary N) is 1. The van der Waals surface area contributed by atoms with Crippen molar-refractivity contribution in [2.75, 3.05) is 18.5 Å². The average molecular weight is 300 g/mol. The van der Waals surface area contributed by atoms with E-state index in [2.05, 4.69) is 5.32 Å². The smallest absolute Gasteiger partial charge is 0.183 e. The van der Waals surface area contributed by atoms with Crippen LogP contribution in [-0.4, -0.2) is 13.2 Å². The van der Waals surface area contributed by atoms with Gasteiger partial charge in [-0.05, 0) is 36.4 Å². The molecule has 0 atom stereocenters. The Balaban J connectivity index is 1.81. The molecule has 0 aliphatic rings. The highest BCUT2D eigenvalue weighted by Crippen LogP contribution is 2.23. The second-order valence-corrected chi connectivity index (χ2v) is 4.68. The van der Waals surface area contributed by atoms with Gasteiger partial charge >= 0.3 is 0 Å². The van der Waals surface area contributed by atoms with Crippen LogP contribution in [0.4, 0.5) is 10.1 Å². The zero-order valence-electron chi connectivity index (χ0n) is 10.00. The average Bonchev–Trinajstić information content (AvgIpc) is 2.41. The third-order valence-corrected chi connectivity index (χ3v) is 2.99. The van der Waals surface area contributed by atoms with Gasteiger partial charge in [-0.2, -0.15) is 0 Å². The molecule has 2 aromatic carbocycles. The third kappa shape index (κ3) is 4.01. The van der Waals surface area contributed by atoms with Crippen molar-refractivity contribution in [3.8, 4) is 5.75 Å². The van der Waals surface area contributed by atoms with Gasteiger partial charge in [0.05, 0.1) is 5.02 Å². The number of halogens is 3. The normalized spacial score (nSPS) is 10.3. The van der Waals surface area contributed by atoms with Gasteiger partial charge in [0.2, 0.25) is 0 Å². The Kier molecular flexibility index (Phi) is 4.88. The van der Waals surface area contributed by atoms with Crippen molar-refractivity contribution in [3.05, 3.63) is 58.3 Å². The number of rotatable bonds is 5. The molecule has 0 aliphatic carbocycles. The molecule has 19 heavy (non-hydrogen) atoms. The molecule has 0 heterocycles. The van der Waals surface area contributed by atoms with Gasteiger partial charge in [-0.1, -0.05) is 29.3 Å². The van der Waals surface area contributed by atoms with Crippen molar-refractivity contribution in [1.82, 2.24) is 0 Å². The number of hydrogen-bond donors (Lipinski definition) is 1. The molecule has 1 N–H and O–H groups in total. The molecule has 0 radical (unpaired) electrons. The molecule has 0 bridgehead atoms. The lowest BCUT2D eigenvalue weighted by Crippen LogP contribution is -2.12. The third-order valence-electron chi connectivity index (χ3n) is 2.45. The van der Waals surface area contributed by atoms with Crippen LogP contribution in [0.5, 0.6) is 5.75 Å². The fourth-order valence-corrected chi connectivity index (χ4v) is 1.81. The zero-order valence-corrected chi connectivity index (χ0v) is 11.5. The summed E-state index contributed by atoms with van der Waals surface area (Å²) in [5.41, 5.74) is 0.930. The predicted molar refractivity (Wildman–Crippen MR) is 76.8 cm³/mol. The lowest BCUT2D eigenvalue weighted by Gasteiger charge is -2.09. The quantitative estimate of drug-likeness (QED) is 0.813. The van der Waals surface area contributed by atoms with Gasteiger partial charge in [0.1, 0.15) is 6.61 Å². The van der Waals surface area contributed by atoms with E-state index in [9.17, 15) is 4.39 Å². The Morgan fingerprint density at radius 3 is 2.53 bits per heavy atom. The number of hydrogen-bond acceptors (Lipinski definition) is 2. The molecule has 0 spiro atoms. The second-order valence-electron chi connectivity index (χ2n) is 3.83. The van der Waals surface area contributed by atoms with Crippen molar-refractivity contribution in [2.45, 2.75) is 0 Å². The van der Waals surface area contributed by atoms with E-state index in [4.69, 9.17) is 27.9 Å². The van der Waals surface area contributed by atoms with Gasteiger partial charge < -0.3 is 10.1 Å². The Labute approximate surface area is 121 Å². The Morgan fingerprint density at radius 2 is 1.79 bits per heavy atom. The largest absolute Gasteiger partial charge is 0.489 e. The number of benzene rings is 2. The van der Waals surface area contributed by atoms with Gasteiger partial charge in [0, 0.05) is 17.3 Å². The molecule has 0 saturated heterocycles. The lowest BCUT2D eigenvalue weighted by atomic mass is 10.3. The van der Waals surface area contributed by atoms with Crippen LogP contribution in [0.1, 0.15) is 0 Å². The fourth-order valence-electron chi connectivity index (χ4n) is 1.52. The van der Waals surface area contributed by atoms with Crippen LogP contribution >= 0.6 is 23.2 Å². The molecule has 0 aromatic heterocycles. The minimum absolute atomic E-state index is 0.0585. The van der Waals surface area contributed by atoms with E-state index in [0.29, 0.717) is 18.2 Å². The summed E-state index contributed by atoms with van der Waals surface area (Å²) in [4.78, 5) is 0. The highest BCUT2D eigenvalue weighted by atomic mass is 35.5. The molecule has 0 unspecified atom stereocenters. The molecule has 2 nitrogen and oxygen atoms in total. The first-order valence-corrected chi connectivity index (χ1v) is 6.48. The van der Waals surface area contributed by atoms with Gasteiger partial charge in [-0.25, -0.2) is 4.39 Å². The molecule has 2 aromatic rings. The van der Waals surface area contributed by atoms with Crippen LogP contribution in [0.3, 0.4) is 0 Å². The molecular formula is C14H12Cl2FNO. The molecule has 0 fully saturated rings. The van der Waals surface area contributed by atoms with Crippen molar-refractivity contribution in [1.29, 1.82) is 0 Å². The molecule has 0 amide bonds. The highest BCUT2D eigenvalue weighted by Gasteiger charge is 2.06. The van der Waals surface area contributed by atoms with Crippen molar-refractivity contribution < 1.29 is 9.13 Å². The monoisotopic (exact) mass is 299 g/mol. The Hall–Kier alpha value is -1.45. The molecule has 2 rings (SSSR count). The van der Waals surface area contributed by atoms with E-state index in [-0.39, 0.29) is 10.8 Å². The maximum atomic E-state index is 13.5. The molecule has 100 valence electrons. The van der Waals surface area contributed by atoms with Gasteiger partial charge in [0.15, 0.2) is 11.6 Å². The van der Waals surface area contributed by atoms with Crippen molar-refractivity contribution >= 4 is 28.9 Å². The molecule has 0 saturated carbocycles. The van der Waals surface area contributed by atoms with E-state index in [0.717, 1.165) is 5.69 Å². The van der Waals surface area contributed by atoms with Gasteiger partial charge in [-0.15, -0.1) is 0 Å². The first-order chi connectivity index (χ1) is 9.16. The summed E-state index contributed by atoms with van der Waals surface area (Å²) in [7, 11) is 0. The SMILES string of the molecule is Fc1c(Cl)cccc1OCCNc1ccc(Cl)cc1. The van der Waals surface area contributed by atoms with E-state index in [1.807, 2.05) is 12.1 Å². The van der Waals surface area contributed by atoms with Crippen LogP contribution in [0, 0.1) is 5.82 Å². The summed E-state index contributed by atoms with van der Waals surface area (Å²) in [6.07, 6.45) is 0. The van der Waals surface area contributed by atoms with Gasteiger partial charge in [0.25, 0.3) is 0 Å². The van der Waals surface area contributed by atoms with Gasteiger partial charge in [-0.3, -0.25) is 0 Å². The first kappa shape index (κ1) is 14.0. The summed E-state index contributed by atoms with van der Waals surface area (Å²) in [6.45, 7) is 0.882. The molecule has 5 heteroatoms. The van der Waals surface area contributed by atoms with E-state index in [1.54, 1.807) is 24.3 Å². The number of anilines is 1. The standard InChI is InChI=1S/C14H12Cl2FNO/c15-10-4-6-11(7-5-10)18-8-9-19-13-3-1-2-12(16)14(13)17/h1-7,18H,8-9H2. The summed E-state index contributed by atoms with van der Waals surface area (Å²) >= 11 is 11.4. The second kappa shape index (κ2) is 6.64. The van der Waals surface area contributed by atoms with E-state index < -0.39 is 5.82 Å². The first-order valence-electron chi connectivity index (χ1n) is 5.73. The Morgan fingerprint density at radius 1 is 1.05 bits per heavy atom. The number of ether oxygens (including phenoxy) is 1. The maximum Gasteiger partial charge on any atom is 0.183 e. The van der Waals surface area contributed by atoms with Crippen molar-refractivity contribution in [3.63, 3.8) is 0 Å². The minimum Gasteiger partial charge on any atom is -0.489 e. The summed E-state index contributed by atoms with van der Waals surface area (Å²) in [5, 5.41) is 3.88. The minimum atomic E-state index is -0.532. The highest BCUT2D eigenvalue weighted by molar-refractivity contribution is 6.31. The van der Waals surface area contributed by atoms with Crippen molar-refractivity contribution in [2.24, 2.45) is 0 Å². The summed E-state index contributed by atoms with van der Waals surface area (Å²) in [5.74, 6) is -0.374. The lowest BCUT2D eigenvalue weighted by molar-refractivity contribution is 0.315. The van der Waals surface area contributed by atoms with E-state index >= 15 is 0 Å². The molecular weight excluding hydrogens is 288 g/mol. The summed E-state index contributed by atoms with van der Waals surface area (Å²) in [6, 6.07) is 12.0.